The Balaban J connectivity index is 1.79. The fraction of sp³-hybridized carbons (Fsp3) is 0.632. The normalized spacial score (nSPS) is 24.1. The Hall–Kier alpha value is -0.860. The molecule has 1 aromatic carbocycles. The summed E-state index contributed by atoms with van der Waals surface area (Å²) in [5.41, 5.74) is -0.469. The molecule has 2 aliphatic rings. The molecule has 28 heavy (non-hydrogen) atoms. The van der Waals surface area contributed by atoms with Crippen LogP contribution >= 0.6 is 23.2 Å². The fourth-order valence-electron chi connectivity index (χ4n) is 4.18. The molecule has 2 heterocycles. The van der Waals surface area contributed by atoms with Crippen LogP contribution in [0.2, 0.25) is 10.0 Å². The molecule has 156 valence electrons. The number of hydrogen-bond donors (Lipinski definition) is 1. The minimum Gasteiger partial charge on any atom is -0.323 e. The lowest BCUT2D eigenvalue weighted by Crippen LogP contribution is -2.59. The number of benzene rings is 1. The van der Waals surface area contributed by atoms with Crippen molar-refractivity contribution < 1.29 is 13.2 Å². The Bertz CT molecular complexity index is 854. The minimum atomic E-state index is -3.66. The predicted octanol–water partition coefficient (Wildman–Crippen LogP) is 3.34. The van der Waals surface area contributed by atoms with Crippen LogP contribution in [-0.4, -0.2) is 54.9 Å². The van der Waals surface area contributed by atoms with Gasteiger partial charge in [0.15, 0.2) is 0 Å². The van der Waals surface area contributed by atoms with E-state index in [2.05, 4.69) is 19.2 Å². The monoisotopic (exact) mass is 447 g/mol. The molecule has 1 amide bonds. The molecule has 2 aliphatic heterocycles. The highest BCUT2D eigenvalue weighted by Crippen LogP contribution is 2.36. The van der Waals surface area contributed by atoms with Gasteiger partial charge in [-0.1, -0.05) is 43.5 Å². The topological polar surface area (TPSA) is 69.7 Å². The molecule has 2 unspecified atom stereocenters. The van der Waals surface area contributed by atoms with Crippen LogP contribution in [0.4, 0.5) is 0 Å². The molecule has 6 nitrogen and oxygen atoms in total. The van der Waals surface area contributed by atoms with Crippen LogP contribution in [0.3, 0.4) is 0 Å². The van der Waals surface area contributed by atoms with E-state index in [1.807, 2.05) is 11.8 Å². The second-order valence-corrected chi connectivity index (χ2v) is 10.4. The smallest absolute Gasteiger partial charge is 0.243 e. The molecule has 2 saturated heterocycles. The third kappa shape index (κ3) is 3.67. The molecule has 2 atom stereocenters. The maximum atomic E-state index is 13.0. The third-order valence-electron chi connectivity index (χ3n) is 6.08. The molecule has 0 bridgehead atoms. The van der Waals surface area contributed by atoms with Gasteiger partial charge in [0.1, 0.15) is 0 Å². The molecular formula is C19H27Cl2N3O3S. The van der Waals surface area contributed by atoms with Crippen molar-refractivity contribution in [2.45, 2.75) is 56.6 Å². The molecule has 1 N–H and O–H groups in total. The second kappa shape index (κ2) is 8.11. The zero-order valence-corrected chi connectivity index (χ0v) is 18.7. The highest BCUT2D eigenvalue weighted by Gasteiger charge is 2.52. The van der Waals surface area contributed by atoms with E-state index in [1.54, 1.807) is 0 Å². The quantitative estimate of drug-likeness (QED) is 0.750. The summed E-state index contributed by atoms with van der Waals surface area (Å²) in [6.07, 6.45) is 2.02. The van der Waals surface area contributed by atoms with Crippen molar-refractivity contribution in [2.75, 3.05) is 19.6 Å². The predicted molar refractivity (Wildman–Crippen MR) is 111 cm³/mol. The Labute approximate surface area is 177 Å². The van der Waals surface area contributed by atoms with Crippen molar-refractivity contribution in [1.29, 1.82) is 0 Å². The zero-order chi connectivity index (χ0) is 20.7. The maximum Gasteiger partial charge on any atom is 0.243 e. The number of piperidine rings is 1. The average Bonchev–Trinajstić information content (AvgIpc) is 2.94. The first-order chi connectivity index (χ1) is 13.2. The lowest BCUT2D eigenvalue weighted by molar-refractivity contribution is -0.133. The van der Waals surface area contributed by atoms with Gasteiger partial charge in [-0.3, -0.25) is 10.1 Å². The van der Waals surface area contributed by atoms with Crippen LogP contribution in [0.15, 0.2) is 23.1 Å². The van der Waals surface area contributed by atoms with Gasteiger partial charge in [-0.2, -0.15) is 4.31 Å². The highest BCUT2D eigenvalue weighted by atomic mass is 35.5. The van der Waals surface area contributed by atoms with Crippen LogP contribution in [-0.2, 0) is 14.8 Å². The molecule has 1 spiro atoms. The van der Waals surface area contributed by atoms with Crippen LogP contribution in [0.25, 0.3) is 0 Å². The zero-order valence-electron chi connectivity index (χ0n) is 16.4. The first-order valence-corrected chi connectivity index (χ1v) is 11.9. The number of carbonyl (C=O) groups excluding carboxylic acids is 1. The van der Waals surface area contributed by atoms with Crippen molar-refractivity contribution in [3.05, 3.63) is 28.2 Å². The standard InChI is InChI=1S/C19H27Cl2N3O3S/c1-4-13(3)17-18(25)24(5-2)19(22-17)8-10-23(11-9-19)28(26,27)14-6-7-15(20)16(21)12-14/h6-7,12-13,17,22H,4-5,8-11H2,1-3H3. The van der Waals surface area contributed by atoms with Crippen LogP contribution in [0, 0.1) is 5.92 Å². The van der Waals surface area contributed by atoms with Crippen molar-refractivity contribution in [3.63, 3.8) is 0 Å². The number of sulfonamides is 1. The molecule has 0 saturated carbocycles. The summed E-state index contributed by atoms with van der Waals surface area (Å²) in [5, 5.41) is 4.09. The number of rotatable bonds is 5. The van der Waals surface area contributed by atoms with Crippen molar-refractivity contribution >= 4 is 39.1 Å². The van der Waals surface area contributed by atoms with Crippen LogP contribution in [0.1, 0.15) is 40.0 Å². The third-order valence-corrected chi connectivity index (χ3v) is 8.71. The van der Waals surface area contributed by atoms with E-state index >= 15 is 0 Å². The Morgan fingerprint density at radius 1 is 1.21 bits per heavy atom. The van der Waals surface area contributed by atoms with E-state index in [0.29, 0.717) is 37.5 Å². The Kier molecular flexibility index (Phi) is 6.32. The summed E-state index contributed by atoms with van der Waals surface area (Å²) in [7, 11) is -3.66. The lowest BCUT2D eigenvalue weighted by atomic mass is 9.96. The molecule has 0 radical (unpaired) electrons. The van der Waals surface area contributed by atoms with Gasteiger partial charge in [0.25, 0.3) is 0 Å². The Morgan fingerprint density at radius 2 is 1.86 bits per heavy atom. The van der Waals surface area contributed by atoms with E-state index in [9.17, 15) is 13.2 Å². The lowest BCUT2D eigenvalue weighted by Gasteiger charge is -2.44. The summed E-state index contributed by atoms with van der Waals surface area (Å²) in [4.78, 5) is 14.9. The van der Waals surface area contributed by atoms with Crippen molar-refractivity contribution in [3.8, 4) is 0 Å². The van der Waals surface area contributed by atoms with Crippen LogP contribution in [0.5, 0.6) is 0 Å². The number of nitrogens with one attached hydrogen (secondary N) is 1. The summed E-state index contributed by atoms with van der Waals surface area (Å²) in [5.74, 6) is 0.358. The minimum absolute atomic E-state index is 0.123. The Morgan fingerprint density at radius 3 is 2.39 bits per heavy atom. The van der Waals surface area contributed by atoms with E-state index in [1.165, 1.54) is 22.5 Å². The van der Waals surface area contributed by atoms with E-state index < -0.39 is 15.7 Å². The summed E-state index contributed by atoms with van der Waals surface area (Å²) in [6.45, 7) is 7.41. The first-order valence-electron chi connectivity index (χ1n) is 9.70. The molecular weight excluding hydrogens is 421 g/mol. The van der Waals surface area contributed by atoms with E-state index in [4.69, 9.17) is 23.2 Å². The first kappa shape index (κ1) is 21.8. The highest BCUT2D eigenvalue weighted by molar-refractivity contribution is 7.89. The molecule has 0 aliphatic carbocycles. The summed E-state index contributed by atoms with van der Waals surface area (Å²) in [6, 6.07) is 4.15. The molecule has 0 aromatic heterocycles. The number of likely N-dealkylation sites (N-methyl/N-ethyl adjacent to an activating group) is 1. The number of halogens is 2. The average molecular weight is 448 g/mol. The van der Waals surface area contributed by atoms with Gasteiger partial charge < -0.3 is 4.90 Å². The molecule has 9 heteroatoms. The van der Waals surface area contributed by atoms with Gasteiger partial charge in [-0.05, 0) is 43.9 Å². The second-order valence-electron chi connectivity index (χ2n) is 7.60. The number of nitrogens with zero attached hydrogens (tertiary/aromatic N) is 2. The fourth-order valence-corrected chi connectivity index (χ4v) is 6.02. The van der Waals surface area contributed by atoms with Gasteiger partial charge in [-0.25, -0.2) is 8.42 Å². The molecule has 1 aromatic rings. The number of amides is 1. The van der Waals surface area contributed by atoms with Gasteiger partial charge >= 0.3 is 0 Å². The maximum absolute atomic E-state index is 13.0. The van der Waals surface area contributed by atoms with Gasteiger partial charge in [-0.15, -0.1) is 0 Å². The summed E-state index contributed by atoms with van der Waals surface area (Å²) < 4.78 is 27.5. The molecule has 2 fully saturated rings. The van der Waals surface area contributed by atoms with Gasteiger partial charge in [0.05, 0.1) is 26.6 Å². The largest absolute Gasteiger partial charge is 0.323 e. The van der Waals surface area contributed by atoms with E-state index in [-0.39, 0.29) is 27.8 Å². The van der Waals surface area contributed by atoms with Gasteiger partial charge in [0.2, 0.25) is 15.9 Å². The molecule has 3 rings (SSSR count). The van der Waals surface area contributed by atoms with Crippen LogP contribution < -0.4 is 5.32 Å². The SMILES string of the molecule is CCC(C)C1NC2(CCN(S(=O)(=O)c3ccc(Cl)c(Cl)c3)CC2)N(CC)C1=O. The number of carbonyl (C=O) groups is 1. The summed E-state index contributed by atoms with van der Waals surface area (Å²) >= 11 is 11.9. The van der Waals surface area contributed by atoms with Crippen molar-refractivity contribution in [2.24, 2.45) is 5.92 Å². The van der Waals surface area contributed by atoms with E-state index in [0.717, 1.165) is 6.42 Å². The van der Waals surface area contributed by atoms with Crippen molar-refractivity contribution in [1.82, 2.24) is 14.5 Å². The van der Waals surface area contributed by atoms with Gasteiger partial charge in [0, 0.05) is 19.6 Å². The number of hydrogen-bond acceptors (Lipinski definition) is 4.